The van der Waals surface area contributed by atoms with Crippen molar-refractivity contribution in [1.82, 2.24) is 0 Å². The highest BCUT2D eigenvalue weighted by atomic mass is 14.6. The van der Waals surface area contributed by atoms with Crippen LogP contribution in [0.15, 0.2) is 42.1 Å². The molecule has 0 heterocycles. The molecule has 2 N–H and O–H groups in total. The van der Waals surface area contributed by atoms with Crippen molar-refractivity contribution in [3.05, 3.63) is 53.2 Å². The van der Waals surface area contributed by atoms with Gasteiger partial charge in [-0.2, -0.15) is 0 Å². The maximum atomic E-state index is 5.94. The van der Waals surface area contributed by atoms with Gasteiger partial charge in [0.05, 0.1) is 0 Å². The first-order valence-electron chi connectivity index (χ1n) is 5.00. The highest BCUT2D eigenvalue weighted by molar-refractivity contribution is 5.78. The van der Waals surface area contributed by atoms with Crippen LogP contribution in [0, 0.1) is 6.92 Å². The fourth-order valence-electron chi connectivity index (χ4n) is 1.71. The number of hydrogen-bond acceptors (Lipinski definition) is 1. The molecule has 14 heavy (non-hydrogen) atoms. The number of nitrogens with two attached hydrogens (primary N) is 1. The number of rotatable bonds is 1. The highest BCUT2D eigenvalue weighted by Gasteiger charge is 2.06. The van der Waals surface area contributed by atoms with Crippen LogP contribution in [0.2, 0.25) is 0 Å². The number of benzene rings is 1. The van der Waals surface area contributed by atoms with Gasteiger partial charge >= 0.3 is 0 Å². The normalized spacial score (nSPS) is 16.1. The van der Waals surface area contributed by atoms with Crippen molar-refractivity contribution in [1.29, 1.82) is 0 Å². The van der Waals surface area contributed by atoms with Gasteiger partial charge < -0.3 is 5.73 Å². The van der Waals surface area contributed by atoms with Crippen LogP contribution in [0.5, 0.6) is 0 Å². The average molecular weight is 185 g/mol. The second-order valence-electron chi connectivity index (χ2n) is 3.72. The van der Waals surface area contributed by atoms with E-state index >= 15 is 0 Å². The molecule has 0 amide bonds. The van der Waals surface area contributed by atoms with E-state index in [0.717, 1.165) is 18.5 Å². The van der Waals surface area contributed by atoms with Crippen molar-refractivity contribution in [3.63, 3.8) is 0 Å². The van der Waals surface area contributed by atoms with E-state index in [4.69, 9.17) is 5.73 Å². The Morgan fingerprint density at radius 2 is 1.64 bits per heavy atom. The molecule has 0 aromatic heterocycles. The molecule has 1 aliphatic rings. The largest absolute Gasteiger partial charge is 0.398 e. The summed E-state index contributed by atoms with van der Waals surface area (Å²) in [6.07, 6.45) is 6.50. The zero-order valence-electron chi connectivity index (χ0n) is 8.46. The van der Waals surface area contributed by atoms with Gasteiger partial charge in [-0.15, -0.1) is 0 Å². The van der Waals surface area contributed by atoms with Crippen LogP contribution in [-0.2, 0) is 0 Å². The smallest absolute Gasteiger partial charge is 0.0350 e. The minimum atomic E-state index is 0.917. The van der Waals surface area contributed by atoms with Crippen molar-refractivity contribution in [2.75, 3.05) is 0 Å². The Hall–Kier alpha value is -1.50. The summed E-state index contributed by atoms with van der Waals surface area (Å²) in [5.74, 6) is 0. The van der Waals surface area contributed by atoms with Gasteiger partial charge in [0, 0.05) is 11.3 Å². The Labute approximate surface area is 84.9 Å². The quantitative estimate of drug-likeness (QED) is 0.715. The topological polar surface area (TPSA) is 26.0 Å². The molecule has 0 fully saturated rings. The van der Waals surface area contributed by atoms with Gasteiger partial charge in [-0.1, -0.05) is 42.0 Å². The molecule has 1 aromatic carbocycles. The van der Waals surface area contributed by atoms with Gasteiger partial charge in [0.1, 0.15) is 0 Å². The van der Waals surface area contributed by atoms with Crippen LogP contribution < -0.4 is 5.73 Å². The Morgan fingerprint density at radius 1 is 1.00 bits per heavy atom. The average Bonchev–Trinajstić information content (AvgIpc) is 2.20. The zero-order valence-corrected chi connectivity index (χ0v) is 8.46. The molecule has 0 saturated heterocycles. The first-order chi connectivity index (χ1) is 6.77. The number of allylic oxidation sites excluding steroid dienone is 3. The van der Waals surface area contributed by atoms with Crippen molar-refractivity contribution in [2.24, 2.45) is 5.73 Å². The third-order valence-corrected chi connectivity index (χ3v) is 2.55. The lowest BCUT2D eigenvalue weighted by molar-refractivity contribution is 1.02. The van der Waals surface area contributed by atoms with Crippen LogP contribution in [0.1, 0.15) is 24.0 Å². The lowest BCUT2D eigenvalue weighted by atomic mass is 9.96. The van der Waals surface area contributed by atoms with Crippen LogP contribution in [-0.4, -0.2) is 0 Å². The fraction of sp³-hybridized carbons (Fsp3) is 0.231. The zero-order chi connectivity index (χ0) is 9.97. The molecule has 0 bridgehead atoms. The van der Waals surface area contributed by atoms with Gasteiger partial charge in [0.2, 0.25) is 0 Å². The van der Waals surface area contributed by atoms with Gasteiger partial charge in [0.25, 0.3) is 0 Å². The minimum absolute atomic E-state index is 0.917. The summed E-state index contributed by atoms with van der Waals surface area (Å²) in [5, 5.41) is 0. The second kappa shape index (κ2) is 3.70. The summed E-state index contributed by atoms with van der Waals surface area (Å²) in [6, 6.07) is 8.51. The molecule has 0 unspecified atom stereocenters. The van der Waals surface area contributed by atoms with E-state index < -0.39 is 0 Å². The third-order valence-electron chi connectivity index (χ3n) is 2.55. The predicted octanol–water partition coefficient (Wildman–Crippen LogP) is 3.01. The molecule has 1 aromatic rings. The molecule has 0 saturated carbocycles. The van der Waals surface area contributed by atoms with E-state index in [1.807, 2.05) is 0 Å². The summed E-state index contributed by atoms with van der Waals surface area (Å²) < 4.78 is 0. The molecule has 1 aliphatic carbocycles. The lowest BCUT2D eigenvalue weighted by Gasteiger charge is -2.12. The summed E-state index contributed by atoms with van der Waals surface area (Å²) in [7, 11) is 0. The molecule has 72 valence electrons. The van der Waals surface area contributed by atoms with E-state index in [2.05, 4.69) is 43.3 Å². The molecular weight excluding hydrogens is 170 g/mol. The maximum Gasteiger partial charge on any atom is 0.0350 e. The molecule has 0 aliphatic heterocycles. The standard InChI is InChI=1S/C13H15N/c1-10-6-8-11(9-7-10)12-4-2-3-5-13(12)14/h4-9H,2-3,14H2,1H3. The van der Waals surface area contributed by atoms with Crippen LogP contribution in [0.3, 0.4) is 0 Å². The Morgan fingerprint density at radius 3 is 2.29 bits per heavy atom. The van der Waals surface area contributed by atoms with Gasteiger partial charge in [0.15, 0.2) is 0 Å². The SMILES string of the molecule is Cc1ccc(C2=CCCC=C2N)cc1. The molecule has 0 atom stereocenters. The van der Waals surface area contributed by atoms with E-state index in [-0.39, 0.29) is 0 Å². The molecule has 1 nitrogen and oxygen atoms in total. The van der Waals surface area contributed by atoms with Gasteiger partial charge in [-0.3, -0.25) is 0 Å². The maximum absolute atomic E-state index is 5.94. The lowest BCUT2D eigenvalue weighted by Crippen LogP contribution is -2.03. The van der Waals surface area contributed by atoms with Crippen LogP contribution >= 0.6 is 0 Å². The van der Waals surface area contributed by atoms with E-state index in [1.54, 1.807) is 0 Å². The number of hydrogen-bond donors (Lipinski definition) is 1. The van der Waals surface area contributed by atoms with Crippen molar-refractivity contribution in [3.8, 4) is 0 Å². The summed E-state index contributed by atoms with van der Waals surface area (Å²) in [6.45, 7) is 2.10. The third kappa shape index (κ3) is 1.72. The summed E-state index contributed by atoms with van der Waals surface area (Å²) >= 11 is 0. The van der Waals surface area contributed by atoms with Crippen LogP contribution in [0.4, 0.5) is 0 Å². The predicted molar refractivity (Wildman–Crippen MR) is 60.7 cm³/mol. The van der Waals surface area contributed by atoms with E-state index in [9.17, 15) is 0 Å². The molecule has 0 radical (unpaired) electrons. The van der Waals surface area contributed by atoms with Crippen molar-refractivity contribution in [2.45, 2.75) is 19.8 Å². The minimum Gasteiger partial charge on any atom is -0.398 e. The molecule has 2 rings (SSSR count). The van der Waals surface area contributed by atoms with Crippen molar-refractivity contribution >= 4 is 5.57 Å². The molecule has 1 heteroatoms. The Bertz CT molecular complexity index is 382. The molecule has 0 spiro atoms. The first-order valence-corrected chi connectivity index (χ1v) is 5.00. The fourth-order valence-corrected chi connectivity index (χ4v) is 1.71. The van der Waals surface area contributed by atoms with E-state index in [0.29, 0.717) is 0 Å². The van der Waals surface area contributed by atoms with E-state index in [1.165, 1.54) is 16.7 Å². The molecular formula is C13H15N. The van der Waals surface area contributed by atoms with Crippen molar-refractivity contribution < 1.29 is 0 Å². The van der Waals surface area contributed by atoms with Gasteiger partial charge in [-0.05, 0) is 25.3 Å². The monoisotopic (exact) mass is 185 g/mol. The summed E-state index contributed by atoms with van der Waals surface area (Å²) in [5.41, 5.74) is 10.6. The second-order valence-corrected chi connectivity index (χ2v) is 3.72. The summed E-state index contributed by atoms with van der Waals surface area (Å²) in [4.78, 5) is 0. The van der Waals surface area contributed by atoms with Crippen LogP contribution in [0.25, 0.3) is 5.57 Å². The van der Waals surface area contributed by atoms with Gasteiger partial charge in [-0.25, -0.2) is 0 Å². The Kier molecular flexibility index (Phi) is 2.40. The first kappa shape index (κ1) is 9.07. The highest BCUT2D eigenvalue weighted by Crippen LogP contribution is 2.24. The Balaban J connectivity index is 2.35. The number of aryl methyl sites for hydroxylation is 1.